The number of hydrogen-bond acceptors (Lipinski definition) is 4. The number of nitrogens with two attached hydrogens (primary N) is 1. The highest BCUT2D eigenvalue weighted by Crippen LogP contribution is 2.42. The molecule has 0 radical (unpaired) electrons. The molecule has 98 valence electrons. The first-order valence-electron chi connectivity index (χ1n) is 6.54. The van der Waals surface area contributed by atoms with Crippen LogP contribution in [0.3, 0.4) is 0 Å². The van der Waals surface area contributed by atoms with Gasteiger partial charge in [-0.3, -0.25) is 0 Å². The van der Waals surface area contributed by atoms with E-state index in [9.17, 15) is 0 Å². The van der Waals surface area contributed by atoms with Crippen molar-refractivity contribution in [1.29, 1.82) is 0 Å². The van der Waals surface area contributed by atoms with Crippen molar-refractivity contribution in [3.8, 4) is 22.9 Å². The first kappa shape index (κ1) is 10.9. The molecule has 0 bridgehead atoms. The average molecular weight is 257 g/mol. The van der Waals surface area contributed by atoms with Crippen LogP contribution in [0.25, 0.3) is 11.4 Å². The topological polar surface area (TPSA) is 73.2 Å². The number of nitrogens with zero attached hydrogens (tertiary/aromatic N) is 1. The van der Waals surface area contributed by atoms with Gasteiger partial charge in [-0.05, 0) is 31.0 Å². The summed E-state index contributed by atoms with van der Waals surface area (Å²) in [5.41, 5.74) is 8.97. The minimum Gasteiger partial charge on any atom is -0.454 e. The van der Waals surface area contributed by atoms with Gasteiger partial charge in [-0.2, -0.15) is 0 Å². The molecular weight excluding hydrogens is 242 g/mol. The Hall–Kier alpha value is -2.01. The van der Waals surface area contributed by atoms with E-state index in [1.807, 2.05) is 18.2 Å². The van der Waals surface area contributed by atoms with Crippen LogP contribution in [0.15, 0.2) is 18.2 Å². The van der Waals surface area contributed by atoms with Gasteiger partial charge in [0.25, 0.3) is 0 Å². The lowest BCUT2D eigenvalue weighted by atomic mass is 10.2. The summed E-state index contributed by atoms with van der Waals surface area (Å²) >= 11 is 0. The first-order chi connectivity index (χ1) is 9.35. The van der Waals surface area contributed by atoms with Crippen LogP contribution in [0, 0.1) is 0 Å². The van der Waals surface area contributed by atoms with E-state index in [1.165, 1.54) is 12.8 Å². The van der Waals surface area contributed by atoms with Gasteiger partial charge in [0.2, 0.25) is 6.79 Å². The average Bonchev–Trinajstić information content (AvgIpc) is 3.03. The van der Waals surface area contributed by atoms with E-state index in [-0.39, 0.29) is 6.79 Å². The summed E-state index contributed by atoms with van der Waals surface area (Å²) in [6, 6.07) is 5.86. The van der Waals surface area contributed by atoms with Crippen molar-refractivity contribution < 1.29 is 9.47 Å². The molecule has 0 amide bonds. The molecule has 5 nitrogen and oxygen atoms in total. The van der Waals surface area contributed by atoms with Crippen LogP contribution in [0.5, 0.6) is 11.5 Å². The smallest absolute Gasteiger partial charge is 0.231 e. The number of ether oxygens (including phenoxy) is 2. The Labute approximate surface area is 110 Å². The number of aromatic nitrogens is 2. The van der Waals surface area contributed by atoms with Gasteiger partial charge >= 0.3 is 0 Å². The van der Waals surface area contributed by atoms with E-state index in [1.54, 1.807) is 0 Å². The molecule has 19 heavy (non-hydrogen) atoms. The molecule has 2 aromatic rings. The van der Waals surface area contributed by atoms with Crippen molar-refractivity contribution >= 4 is 0 Å². The van der Waals surface area contributed by atoms with Crippen molar-refractivity contribution in [2.24, 2.45) is 5.73 Å². The molecule has 4 rings (SSSR count). The maximum atomic E-state index is 5.78. The molecule has 0 saturated heterocycles. The highest BCUT2D eigenvalue weighted by molar-refractivity contribution is 5.62. The van der Waals surface area contributed by atoms with Gasteiger partial charge in [0.15, 0.2) is 11.5 Å². The lowest BCUT2D eigenvalue weighted by molar-refractivity contribution is 0.174. The maximum absolute atomic E-state index is 5.78. The monoisotopic (exact) mass is 257 g/mol. The Bertz CT molecular complexity index is 632. The first-order valence-corrected chi connectivity index (χ1v) is 6.54. The molecule has 1 fully saturated rings. The molecule has 0 atom stereocenters. The molecule has 3 N–H and O–H groups in total. The lowest BCUT2D eigenvalue weighted by Crippen LogP contribution is -1.99. The van der Waals surface area contributed by atoms with Crippen molar-refractivity contribution in [2.45, 2.75) is 25.3 Å². The zero-order valence-electron chi connectivity index (χ0n) is 10.5. The van der Waals surface area contributed by atoms with Gasteiger partial charge in [0.05, 0.1) is 11.4 Å². The van der Waals surface area contributed by atoms with Gasteiger partial charge in [0, 0.05) is 18.0 Å². The summed E-state index contributed by atoms with van der Waals surface area (Å²) in [5.74, 6) is 3.02. The van der Waals surface area contributed by atoms with Crippen molar-refractivity contribution in [2.75, 3.05) is 6.79 Å². The Morgan fingerprint density at radius 3 is 2.89 bits per heavy atom. The summed E-state index contributed by atoms with van der Waals surface area (Å²) in [4.78, 5) is 8.03. The Morgan fingerprint density at radius 1 is 1.26 bits per heavy atom. The second kappa shape index (κ2) is 3.99. The van der Waals surface area contributed by atoms with Gasteiger partial charge in [0.1, 0.15) is 5.82 Å². The van der Waals surface area contributed by atoms with E-state index >= 15 is 0 Å². The number of rotatable bonds is 3. The number of nitrogens with one attached hydrogen (secondary N) is 1. The third-order valence-corrected chi connectivity index (χ3v) is 3.62. The van der Waals surface area contributed by atoms with Gasteiger partial charge in [-0.1, -0.05) is 0 Å². The second-order valence-corrected chi connectivity index (χ2v) is 5.00. The lowest BCUT2D eigenvalue weighted by Gasteiger charge is -1.99. The number of benzene rings is 1. The van der Waals surface area contributed by atoms with Crippen molar-refractivity contribution in [1.82, 2.24) is 9.97 Å². The Kier molecular flexibility index (Phi) is 2.29. The number of hydrogen-bond donors (Lipinski definition) is 2. The van der Waals surface area contributed by atoms with Crippen LogP contribution in [0.4, 0.5) is 0 Å². The van der Waals surface area contributed by atoms with Crippen LogP contribution in [0.1, 0.15) is 30.1 Å². The van der Waals surface area contributed by atoms with E-state index in [0.717, 1.165) is 34.3 Å². The van der Waals surface area contributed by atoms with Crippen LogP contribution < -0.4 is 15.2 Å². The SMILES string of the molecule is NCc1[nH]c(-c2ccc3c(c2)OCO3)nc1C1CC1. The fourth-order valence-electron chi connectivity index (χ4n) is 2.45. The van der Waals surface area contributed by atoms with Crippen LogP contribution in [-0.2, 0) is 6.54 Å². The summed E-state index contributed by atoms with van der Waals surface area (Å²) in [5, 5.41) is 0. The molecule has 5 heteroatoms. The molecule has 2 heterocycles. The predicted octanol–water partition coefficient (Wildman–Crippen LogP) is 2.14. The molecule has 1 aromatic heterocycles. The number of imidazole rings is 1. The van der Waals surface area contributed by atoms with Crippen LogP contribution in [0.2, 0.25) is 0 Å². The van der Waals surface area contributed by atoms with Crippen LogP contribution >= 0.6 is 0 Å². The molecule has 1 aromatic carbocycles. The zero-order chi connectivity index (χ0) is 12.8. The molecule has 1 aliphatic heterocycles. The van der Waals surface area contributed by atoms with Gasteiger partial charge in [-0.25, -0.2) is 4.98 Å². The van der Waals surface area contributed by atoms with Gasteiger partial charge in [-0.15, -0.1) is 0 Å². The number of aromatic amines is 1. The van der Waals surface area contributed by atoms with E-state index in [0.29, 0.717) is 12.5 Å². The normalized spacial score (nSPS) is 16.9. The Balaban J connectivity index is 1.75. The summed E-state index contributed by atoms with van der Waals surface area (Å²) < 4.78 is 10.7. The third-order valence-electron chi connectivity index (χ3n) is 3.62. The minimum absolute atomic E-state index is 0.290. The summed E-state index contributed by atoms with van der Waals surface area (Å²) in [7, 11) is 0. The number of fused-ring (bicyclic) bond motifs is 1. The number of H-pyrrole nitrogens is 1. The zero-order valence-corrected chi connectivity index (χ0v) is 10.5. The maximum Gasteiger partial charge on any atom is 0.231 e. The Morgan fingerprint density at radius 2 is 2.11 bits per heavy atom. The van der Waals surface area contributed by atoms with Crippen LogP contribution in [-0.4, -0.2) is 16.8 Å². The molecule has 2 aliphatic rings. The minimum atomic E-state index is 0.290. The van der Waals surface area contributed by atoms with E-state index < -0.39 is 0 Å². The largest absolute Gasteiger partial charge is 0.454 e. The highest BCUT2D eigenvalue weighted by Gasteiger charge is 2.29. The molecule has 0 spiro atoms. The second-order valence-electron chi connectivity index (χ2n) is 5.00. The summed E-state index contributed by atoms with van der Waals surface area (Å²) in [6.07, 6.45) is 2.44. The standard InChI is InChI=1S/C14H15N3O2/c15-6-10-13(8-1-2-8)17-14(16-10)9-3-4-11-12(5-9)19-7-18-11/h3-5,8H,1-2,6-7,15H2,(H,16,17). The van der Waals surface area contributed by atoms with Crippen molar-refractivity contribution in [3.05, 3.63) is 29.6 Å². The van der Waals surface area contributed by atoms with E-state index in [4.69, 9.17) is 20.2 Å². The fraction of sp³-hybridized carbons (Fsp3) is 0.357. The van der Waals surface area contributed by atoms with Gasteiger partial charge < -0.3 is 20.2 Å². The molecule has 1 aliphatic carbocycles. The summed E-state index contributed by atoms with van der Waals surface area (Å²) in [6.45, 7) is 0.793. The molecular formula is C14H15N3O2. The fourth-order valence-corrected chi connectivity index (χ4v) is 2.45. The van der Waals surface area contributed by atoms with Crippen molar-refractivity contribution in [3.63, 3.8) is 0 Å². The predicted molar refractivity (Wildman–Crippen MR) is 70.0 cm³/mol. The quantitative estimate of drug-likeness (QED) is 0.883. The highest BCUT2D eigenvalue weighted by atomic mass is 16.7. The molecule has 0 unspecified atom stereocenters. The molecule has 1 saturated carbocycles. The van der Waals surface area contributed by atoms with E-state index in [2.05, 4.69) is 4.98 Å². The third kappa shape index (κ3) is 1.77.